The van der Waals surface area contributed by atoms with Crippen LogP contribution in [0.4, 0.5) is 5.69 Å². The van der Waals surface area contributed by atoms with E-state index in [2.05, 4.69) is 166 Å². The zero-order chi connectivity index (χ0) is 32.8. The summed E-state index contributed by atoms with van der Waals surface area (Å²) >= 11 is 0. The van der Waals surface area contributed by atoms with Gasteiger partial charge >= 0.3 is 0 Å². The summed E-state index contributed by atoms with van der Waals surface area (Å²) in [6, 6.07) is 52.3. The van der Waals surface area contributed by atoms with Crippen molar-refractivity contribution in [2.24, 2.45) is 0 Å². The first-order chi connectivity index (χ1) is 24.1. The van der Waals surface area contributed by atoms with Gasteiger partial charge in [0, 0.05) is 38.0 Å². The van der Waals surface area contributed by atoms with E-state index in [0.29, 0.717) is 5.69 Å². The normalized spacial score (nSPS) is 11.9. The van der Waals surface area contributed by atoms with Crippen LogP contribution in [-0.4, -0.2) is 13.7 Å². The van der Waals surface area contributed by atoms with E-state index in [9.17, 15) is 0 Å². The molecule has 10 aromatic rings. The predicted molar refractivity (Wildman–Crippen MR) is 205 cm³/mol. The molecular formula is C45H30N4. The van der Waals surface area contributed by atoms with E-state index in [4.69, 9.17) is 6.57 Å². The highest BCUT2D eigenvalue weighted by atomic mass is 15.1. The van der Waals surface area contributed by atoms with Crippen LogP contribution < -0.4 is 0 Å². The predicted octanol–water partition coefficient (Wildman–Crippen LogP) is 12.1. The molecule has 0 saturated heterocycles. The van der Waals surface area contributed by atoms with Gasteiger partial charge in [0.2, 0.25) is 0 Å². The second kappa shape index (κ2) is 10.2. The molecule has 0 atom stereocenters. The Morgan fingerprint density at radius 1 is 0.388 bits per heavy atom. The van der Waals surface area contributed by atoms with Gasteiger partial charge in [-0.25, -0.2) is 4.85 Å². The highest BCUT2D eigenvalue weighted by Crippen LogP contribution is 2.41. The molecule has 230 valence electrons. The van der Waals surface area contributed by atoms with Gasteiger partial charge in [-0.15, -0.1) is 0 Å². The fourth-order valence-electron chi connectivity index (χ4n) is 8.02. The van der Waals surface area contributed by atoms with E-state index < -0.39 is 0 Å². The van der Waals surface area contributed by atoms with Crippen molar-refractivity contribution in [3.05, 3.63) is 168 Å². The molecule has 49 heavy (non-hydrogen) atoms. The summed E-state index contributed by atoms with van der Waals surface area (Å²) in [5, 5.41) is 7.31. The van der Waals surface area contributed by atoms with Crippen molar-refractivity contribution in [2.45, 2.75) is 13.8 Å². The Labute approximate surface area is 283 Å². The molecule has 0 fully saturated rings. The maximum Gasteiger partial charge on any atom is 0.189 e. The third kappa shape index (κ3) is 3.91. The van der Waals surface area contributed by atoms with Crippen LogP contribution in [0.3, 0.4) is 0 Å². The molecule has 0 aliphatic heterocycles. The maximum absolute atomic E-state index is 7.97. The molecule has 0 amide bonds. The van der Waals surface area contributed by atoms with Crippen molar-refractivity contribution in [2.75, 3.05) is 0 Å². The zero-order valence-corrected chi connectivity index (χ0v) is 27.1. The first kappa shape index (κ1) is 27.5. The first-order valence-electron chi connectivity index (χ1n) is 16.6. The van der Waals surface area contributed by atoms with E-state index in [0.717, 1.165) is 39.1 Å². The number of aromatic nitrogens is 3. The fourth-order valence-corrected chi connectivity index (χ4v) is 8.02. The van der Waals surface area contributed by atoms with Crippen LogP contribution in [0.2, 0.25) is 0 Å². The van der Waals surface area contributed by atoms with Crippen LogP contribution in [0.1, 0.15) is 11.1 Å². The van der Waals surface area contributed by atoms with Crippen LogP contribution in [-0.2, 0) is 0 Å². The highest BCUT2D eigenvalue weighted by Gasteiger charge is 2.21. The van der Waals surface area contributed by atoms with E-state index >= 15 is 0 Å². The number of para-hydroxylation sites is 3. The third-order valence-electron chi connectivity index (χ3n) is 10.1. The van der Waals surface area contributed by atoms with Gasteiger partial charge < -0.3 is 13.7 Å². The van der Waals surface area contributed by atoms with Gasteiger partial charge in [0.25, 0.3) is 0 Å². The lowest BCUT2D eigenvalue weighted by molar-refractivity contribution is 1.10. The Bertz CT molecular complexity index is 2920. The summed E-state index contributed by atoms with van der Waals surface area (Å²) in [5.41, 5.74) is 13.1. The van der Waals surface area contributed by atoms with Gasteiger partial charge in [0.05, 0.1) is 51.0 Å². The SMILES string of the molecule is [C-]#[N+]c1ccc(-n2c3ccccc3c3ccccc32)c(-n2c3ccccc3c3cc(-n4c5ccc(C)cc5c5cc(C)ccc54)ccc32)c1. The molecule has 0 aliphatic rings. The summed E-state index contributed by atoms with van der Waals surface area (Å²) in [4.78, 5) is 3.89. The summed E-state index contributed by atoms with van der Waals surface area (Å²) in [6.45, 7) is 12.3. The highest BCUT2D eigenvalue weighted by molar-refractivity contribution is 6.13. The van der Waals surface area contributed by atoms with Crippen LogP contribution >= 0.6 is 0 Å². The average Bonchev–Trinajstić information content (AvgIpc) is 3.76. The van der Waals surface area contributed by atoms with Crippen molar-refractivity contribution in [1.82, 2.24) is 13.7 Å². The lowest BCUT2D eigenvalue weighted by Gasteiger charge is -2.17. The molecule has 4 nitrogen and oxygen atoms in total. The molecular weight excluding hydrogens is 597 g/mol. The summed E-state index contributed by atoms with van der Waals surface area (Å²) < 4.78 is 7.10. The molecule has 0 N–H and O–H groups in total. The number of benzene rings is 7. The average molecular weight is 627 g/mol. The monoisotopic (exact) mass is 626 g/mol. The molecule has 0 spiro atoms. The minimum Gasteiger partial charge on any atom is -0.309 e. The van der Waals surface area contributed by atoms with E-state index in [1.54, 1.807) is 0 Å². The molecule has 0 saturated carbocycles. The lowest BCUT2D eigenvalue weighted by Crippen LogP contribution is -2.03. The fraction of sp³-hybridized carbons (Fsp3) is 0.0444. The van der Waals surface area contributed by atoms with Crippen LogP contribution in [0.5, 0.6) is 0 Å². The second-order valence-corrected chi connectivity index (χ2v) is 13.1. The van der Waals surface area contributed by atoms with Gasteiger partial charge in [-0.3, -0.25) is 0 Å². The van der Waals surface area contributed by atoms with Crippen molar-refractivity contribution in [1.29, 1.82) is 0 Å². The van der Waals surface area contributed by atoms with Gasteiger partial charge in [-0.2, -0.15) is 0 Å². The largest absolute Gasteiger partial charge is 0.309 e. The van der Waals surface area contributed by atoms with E-state index in [1.165, 1.54) is 54.5 Å². The minimum atomic E-state index is 0.609. The molecule has 0 unspecified atom stereocenters. The summed E-state index contributed by atoms with van der Waals surface area (Å²) in [7, 11) is 0. The van der Waals surface area contributed by atoms with E-state index in [1.807, 2.05) is 12.1 Å². The maximum atomic E-state index is 7.97. The molecule has 7 aromatic carbocycles. The Hall–Kier alpha value is -6.57. The Balaban J connectivity index is 1.29. The molecule has 10 rings (SSSR count). The van der Waals surface area contributed by atoms with Crippen LogP contribution in [0.15, 0.2) is 146 Å². The topological polar surface area (TPSA) is 19.1 Å². The minimum absolute atomic E-state index is 0.609. The van der Waals surface area contributed by atoms with Crippen molar-refractivity contribution >= 4 is 71.1 Å². The van der Waals surface area contributed by atoms with Crippen LogP contribution in [0, 0.1) is 20.4 Å². The Morgan fingerprint density at radius 2 is 0.837 bits per heavy atom. The molecule has 3 aromatic heterocycles. The number of hydrogen-bond acceptors (Lipinski definition) is 0. The van der Waals surface area contributed by atoms with E-state index in [-0.39, 0.29) is 0 Å². The van der Waals surface area contributed by atoms with Gasteiger partial charge in [0.1, 0.15) is 0 Å². The first-order valence-corrected chi connectivity index (χ1v) is 16.6. The number of fused-ring (bicyclic) bond motifs is 9. The van der Waals surface area contributed by atoms with Crippen LogP contribution in [0.25, 0.3) is 87.3 Å². The third-order valence-corrected chi connectivity index (χ3v) is 10.1. The van der Waals surface area contributed by atoms with Crippen molar-refractivity contribution < 1.29 is 0 Å². The molecule has 3 heterocycles. The van der Waals surface area contributed by atoms with Crippen molar-refractivity contribution in [3.8, 4) is 17.1 Å². The van der Waals surface area contributed by atoms with Gasteiger partial charge in [0.15, 0.2) is 5.69 Å². The smallest absolute Gasteiger partial charge is 0.189 e. The lowest BCUT2D eigenvalue weighted by atomic mass is 10.1. The Morgan fingerprint density at radius 3 is 1.41 bits per heavy atom. The summed E-state index contributed by atoms with van der Waals surface area (Å²) in [6.07, 6.45) is 0. The number of hydrogen-bond donors (Lipinski definition) is 0. The van der Waals surface area contributed by atoms with Gasteiger partial charge in [-0.1, -0.05) is 83.9 Å². The standard InChI is InChI=1S/C45H30N4/c1-28-16-20-41-35(24-28)36-25-29(2)17-21-42(36)47(41)31-19-23-43-37(27-31)34-12-6-9-15-40(34)49(43)45-26-30(46-3)18-22-44(45)48-38-13-7-4-10-32(38)33-11-5-8-14-39(33)48/h4-27H,1-2H3. The number of rotatable bonds is 3. The second-order valence-electron chi connectivity index (χ2n) is 13.1. The number of nitrogens with zero attached hydrogens (tertiary/aromatic N) is 4. The molecule has 4 heteroatoms. The molecule has 0 radical (unpaired) electrons. The van der Waals surface area contributed by atoms with Crippen molar-refractivity contribution in [3.63, 3.8) is 0 Å². The Kier molecular flexibility index (Phi) is 5.74. The van der Waals surface area contributed by atoms with Gasteiger partial charge in [-0.05, 0) is 86.6 Å². The quantitative estimate of drug-likeness (QED) is 0.174. The summed E-state index contributed by atoms with van der Waals surface area (Å²) in [5.74, 6) is 0. The molecule has 0 aliphatic carbocycles. The number of aryl methyl sites for hydroxylation is 2. The zero-order valence-electron chi connectivity index (χ0n) is 27.1. The molecule has 0 bridgehead atoms.